The number of carbonyl (C=O) groups is 1. The topological polar surface area (TPSA) is 97.7 Å². The minimum atomic E-state index is -0.669. The Kier molecular flexibility index (Phi) is 6.96. The maximum Gasteiger partial charge on any atom is 0.290 e. The van der Waals surface area contributed by atoms with Crippen molar-refractivity contribution in [3.8, 4) is 5.75 Å². The van der Waals surface area contributed by atoms with Crippen molar-refractivity contribution in [3.05, 3.63) is 41.5 Å². The molecule has 162 valence electrons. The van der Waals surface area contributed by atoms with Crippen molar-refractivity contribution in [2.24, 2.45) is 5.73 Å². The van der Waals surface area contributed by atoms with E-state index in [1.54, 1.807) is 0 Å². The normalized spacial score (nSPS) is 21.9. The van der Waals surface area contributed by atoms with Crippen LogP contribution < -0.4 is 10.5 Å². The monoisotopic (exact) mass is 413 g/mol. The van der Waals surface area contributed by atoms with Gasteiger partial charge in [0.15, 0.2) is 0 Å². The molecule has 8 heteroatoms. The molecule has 8 nitrogen and oxygen atoms in total. The second-order valence-corrected chi connectivity index (χ2v) is 8.23. The Morgan fingerprint density at radius 2 is 2.07 bits per heavy atom. The number of aryl methyl sites for hydroxylation is 1. The molecule has 2 aliphatic heterocycles. The molecule has 1 unspecified atom stereocenters. The molecular weight excluding hydrogens is 382 g/mol. The molecule has 2 N–H and O–H groups in total. The molecule has 1 saturated heterocycles. The van der Waals surface area contributed by atoms with Gasteiger partial charge in [0.05, 0.1) is 13.2 Å². The van der Waals surface area contributed by atoms with Gasteiger partial charge in [0, 0.05) is 25.7 Å². The number of ether oxygens (including phenoxy) is 1. The average Bonchev–Trinajstić information content (AvgIpc) is 3.23. The van der Waals surface area contributed by atoms with Crippen molar-refractivity contribution in [1.82, 2.24) is 19.9 Å². The largest absolute Gasteiger partial charge is 0.494 e. The molecule has 1 atom stereocenters. The maximum absolute atomic E-state index is 11.3. The first-order chi connectivity index (χ1) is 14.7. The molecule has 2 aliphatic rings. The zero-order valence-corrected chi connectivity index (χ0v) is 17.5. The number of carbonyl (C=O) groups excluding carboxylic acids is 1. The van der Waals surface area contributed by atoms with E-state index in [0.717, 1.165) is 44.8 Å². The summed E-state index contributed by atoms with van der Waals surface area (Å²) in [7, 11) is 0. The lowest BCUT2D eigenvalue weighted by molar-refractivity contribution is 0.0987. The van der Waals surface area contributed by atoms with E-state index >= 15 is 0 Å². The second kappa shape index (κ2) is 10.0. The van der Waals surface area contributed by atoms with Crippen molar-refractivity contribution in [2.75, 3.05) is 32.8 Å². The predicted octanol–water partition coefficient (Wildman–Crippen LogP) is 2.24. The van der Waals surface area contributed by atoms with Gasteiger partial charge in [-0.1, -0.05) is 23.7 Å². The van der Waals surface area contributed by atoms with Gasteiger partial charge < -0.3 is 15.0 Å². The number of nitrogens with zero attached hydrogens (tertiary/aromatic N) is 4. The fourth-order valence-corrected chi connectivity index (χ4v) is 4.43. The van der Waals surface area contributed by atoms with Crippen LogP contribution in [0.25, 0.3) is 0 Å². The summed E-state index contributed by atoms with van der Waals surface area (Å²) in [5.74, 6) is 0.637. The molecule has 0 radical (unpaired) electrons. The molecule has 2 aromatic rings. The van der Waals surface area contributed by atoms with E-state index < -0.39 is 5.91 Å². The third-order valence-electron chi connectivity index (χ3n) is 6.05. The number of benzene rings is 1. The van der Waals surface area contributed by atoms with Crippen LogP contribution in [-0.2, 0) is 13.0 Å². The molecular formula is C22H31N5O3. The molecule has 0 spiro atoms. The fraction of sp³-hybridized carbons (Fsp3) is 0.591. The van der Waals surface area contributed by atoms with Gasteiger partial charge in [-0.3, -0.25) is 14.6 Å². The molecule has 0 saturated carbocycles. The molecule has 2 bridgehead atoms. The van der Waals surface area contributed by atoms with Crippen LogP contribution in [0, 0.1) is 0 Å². The van der Waals surface area contributed by atoms with Crippen molar-refractivity contribution in [2.45, 2.75) is 51.1 Å². The molecule has 4 rings (SSSR count). The summed E-state index contributed by atoms with van der Waals surface area (Å²) in [6.07, 6.45) is 7.00. The lowest BCUT2D eigenvalue weighted by atomic mass is 9.95. The van der Waals surface area contributed by atoms with Crippen LogP contribution in [0.4, 0.5) is 0 Å². The molecule has 1 fully saturated rings. The predicted molar refractivity (Wildman–Crippen MR) is 112 cm³/mol. The Bertz CT molecular complexity index is 840. The van der Waals surface area contributed by atoms with Crippen LogP contribution in [0.1, 0.15) is 54.2 Å². The number of nitrogens with two attached hydrogens (primary N) is 1. The van der Waals surface area contributed by atoms with Crippen molar-refractivity contribution < 1.29 is 14.1 Å². The van der Waals surface area contributed by atoms with Gasteiger partial charge in [0.25, 0.3) is 11.7 Å². The summed E-state index contributed by atoms with van der Waals surface area (Å²) < 4.78 is 11.2. The quantitative estimate of drug-likeness (QED) is 0.824. The summed E-state index contributed by atoms with van der Waals surface area (Å²) in [6, 6.07) is 9.13. The Morgan fingerprint density at radius 3 is 2.93 bits per heavy atom. The first-order valence-electron chi connectivity index (χ1n) is 11.0. The molecule has 3 heterocycles. The Balaban J connectivity index is 1.46. The van der Waals surface area contributed by atoms with Crippen LogP contribution in [0.5, 0.6) is 5.75 Å². The van der Waals surface area contributed by atoms with Crippen molar-refractivity contribution in [3.63, 3.8) is 0 Å². The molecule has 30 heavy (non-hydrogen) atoms. The Morgan fingerprint density at radius 1 is 1.13 bits per heavy atom. The molecule has 1 amide bonds. The maximum atomic E-state index is 11.3. The molecule has 1 aromatic heterocycles. The number of hydrogen-bond donors (Lipinski definition) is 1. The number of primary amides is 1. The zero-order valence-electron chi connectivity index (χ0n) is 17.5. The number of aromatic nitrogens is 2. The SMILES string of the molecule is NC(=O)c1noc(CN2CCCOc3cccc(c3)CCC3CCCCN3CC2)n1. The highest BCUT2D eigenvalue weighted by Crippen LogP contribution is 2.23. The van der Waals surface area contributed by atoms with E-state index in [-0.39, 0.29) is 5.82 Å². The van der Waals surface area contributed by atoms with Crippen LogP contribution in [0.15, 0.2) is 28.8 Å². The van der Waals surface area contributed by atoms with Crippen molar-refractivity contribution in [1.29, 1.82) is 0 Å². The highest BCUT2D eigenvalue weighted by Gasteiger charge is 2.23. The third-order valence-corrected chi connectivity index (χ3v) is 6.05. The number of rotatable bonds is 3. The fourth-order valence-electron chi connectivity index (χ4n) is 4.43. The Hall–Kier alpha value is -2.45. The highest BCUT2D eigenvalue weighted by molar-refractivity contribution is 5.88. The van der Waals surface area contributed by atoms with Crippen LogP contribution in [0.3, 0.4) is 0 Å². The number of fused-ring (bicyclic) bond motifs is 3. The third kappa shape index (κ3) is 5.58. The van der Waals surface area contributed by atoms with E-state index in [4.69, 9.17) is 15.0 Å². The second-order valence-electron chi connectivity index (χ2n) is 8.23. The summed E-state index contributed by atoms with van der Waals surface area (Å²) >= 11 is 0. The number of amides is 1. The van der Waals surface area contributed by atoms with Crippen LogP contribution >= 0.6 is 0 Å². The Labute approximate surface area is 177 Å². The van der Waals surface area contributed by atoms with Gasteiger partial charge in [0.2, 0.25) is 5.89 Å². The molecule has 0 aliphatic carbocycles. The standard InChI is InChI=1S/C22H31N5O3/c23-21(28)22-24-20(30-25-22)16-26-10-4-14-29-19-7-3-5-17(15-19)8-9-18-6-1-2-11-27(18)13-12-26/h3,5,7,15,18H,1-2,4,6,8-14,16H2,(H2,23,28). The lowest BCUT2D eigenvalue weighted by Crippen LogP contribution is -2.44. The highest BCUT2D eigenvalue weighted by atomic mass is 16.5. The van der Waals surface area contributed by atoms with E-state index in [0.29, 0.717) is 25.1 Å². The smallest absolute Gasteiger partial charge is 0.290 e. The zero-order chi connectivity index (χ0) is 20.8. The van der Waals surface area contributed by atoms with Gasteiger partial charge in [0.1, 0.15) is 5.75 Å². The van der Waals surface area contributed by atoms with Gasteiger partial charge in [-0.25, -0.2) is 0 Å². The average molecular weight is 414 g/mol. The first-order valence-corrected chi connectivity index (χ1v) is 11.0. The van der Waals surface area contributed by atoms with Gasteiger partial charge in [-0.2, -0.15) is 4.98 Å². The number of hydrogen-bond acceptors (Lipinski definition) is 7. The van der Waals surface area contributed by atoms with Crippen molar-refractivity contribution >= 4 is 5.91 Å². The van der Waals surface area contributed by atoms with E-state index in [2.05, 4.69) is 38.1 Å². The summed E-state index contributed by atoms with van der Waals surface area (Å²) in [5, 5.41) is 3.66. The van der Waals surface area contributed by atoms with E-state index in [1.807, 2.05) is 6.07 Å². The summed E-state index contributed by atoms with van der Waals surface area (Å²) in [4.78, 5) is 20.3. The van der Waals surface area contributed by atoms with Gasteiger partial charge >= 0.3 is 0 Å². The number of piperidine rings is 1. The summed E-state index contributed by atoms with van der Waals surface area (Å²) in [5.41, 5.74) is 6.60. The first kappa shape index (κ1) is 20.8. The minimum absolute atomic E-state index is 0.0635. The summed E-state index contributed by atoms with van der Waals surface area (Å²) in [6.45, 7) is 5.11. The minimum Gasteiger partial charge on any atom is -0.494 e. The van der Waals surface area contributed by atoms with E-state index in [9.17, 15) is 4.79 Å². The van der Waals surface area contributed by atoms with E-state index in [1.165, 1.54) is 31.2 Å². The lowest BCUT2D eigenvalue weighted by Gasteiger charge is -2.37. The molecule has 1 aromatic carbocycles. The van der Waals surface area contributed by atoms with Crippen LogP contribution in [-0.4, -0.2) is 64.7 Å². The van der Waals surface area contributed by atoms with Gasteiger partial charge in [-0.15, -0.1) is 0 Å². The van der Waals surface area contributed by atoms with Crippen LogP contribution in [0.2, 0.25) is 0 Å². The van der Waals surface area contributed by atoms with Gasteiger partial charge in [-0.05, 0) is 56.3 Å².